The number of rotatable bonds is 5. The summed E-state index contributed by atoms with van der Waals surface area (Å²) in [5.74, 6) is 1.12. The minimum absolute atomic E-state index is 0.133. The molecule has 1 aliphatic heterocycles. The molecule has 1 aliphatic rings. The van der Waals surface area contributed by atoms with Crippen molar-refractivity contribution in [1.29, 1.82) is 0 Å². The summed E-state index contributed by atoms with van der Waals surface area (Å²) in [6, 6.07) is 7.62. The van der Waals surface area contributed by atoms with E-state index in [-0.39, 0.29) is 5.95 Å². The molecule has 8 heteroatoms. The molecule has 3 rings (SSSR count). The summed E-state index contributed by atoms with van der Waals surface area (Å²) in [5, 5.41) is 13.1. The van der Waals surface area contributed by atoms with Crippen LogP contribution in [0.5, 0.6) is 0 Å². The van der Waals surface area contributed by atoms with E-state index in [0.717, 1.165) is 31.5 Å². The summed E-state index contributed by atoms with van der Waals surface area (Å²) < 4.78 is 0. The largest absolute Gasteiger partial charge is 0.350 e. The van der Waals surface area contributed by atoms with Gasteiger partial charge in [0.25, 0.3) is 5.95 Å². The van der Waals surface area contributed by atoms with Gasteiger partial charge in [-0.15, -0.1) is 0 Å². The first-order valence-corrected chi connectivity index (χ1v) is 9.02. The minimum Gasteiger partial charge on any atom is -0.350 e. The Bertz CT molecular complexity index is 691. The number of hydrogen-bond donors (Lipinski definition) is 3. The van der Waals surface area contributed by atoms with Crippen molar-refractivity contribution < 1.29 is 5.21 Å². The molecule has 1 aromatic heterocycles. The molecule has 0 amide bonds. The number of halogens is 1. The fourth-order valence-corrected chi connectivity index (χ4v) is 3.10. The van der Waals surface area contributed by atoms with E-state index in [1.54, 1.807) is 0 Å². The van der Waals surface area contributed by atoms with E-state index in [1.807, 2.05) is 29.7 Å². The second-order valence-corrected chi connectivity index (χ2v) is 6.50. The smallest absolute Gasteiger partial charge is 0.253 e. The van der Waals surface area contributed by atoms with Crippen molar-refractivity contribution in [2.45, 2.75) is 38.6 Å². The topological polar surface area (TPSA) is 86.2 Å². The van der Waals surface area contributed by atoms with Crippen LogP contribution < -0.4 is 15.7 Å². The number of nitrogens with zero attached hydrogens (tertiary/aromatic N) is 4. The number of hydrogen-bond acceptors (Lipinski definition) is 7. The van der Waals surface area contributed by atoms with Crippen molar-refractivity contribution in [3.63, 3.8) is 0 Å². The standard InChI is InChI=1S/C17H23ClN6O/c18-14-9-5-4-8-13(14)12-19-15-20-16(23-25)22-17(21-15)24-10-6-2-1-3-7-11-24/h4-5,8-9,25H,1-3,6-7,10-12H2,(H2,19,20,21,22,23). The molecule has 0 radical (unpaired) electrons. The first-order valence-electron chi connectivity index (χ1n) is 8.64. The summed E-state index contributed by atoms with van der Waals surface area (Å²) in [6.07, 6.45) is 5.99. The Balaban J connectivity index is 1.76. The minimum atomic E-state index is 0.133. The third-order valence-electron chi connectivity index (χ3n) is 4.26. The van der Waals surface area contributed by atoms with E-state index < -0.39 is 0 Å². The van der Waals surface area contributed by atoms with Gasteiger partial charge in [-0.25, -0.2) is 5.48 Å². The van der Waals surface area contributed by atoms with Gasteiger partial charge in [-0.05, 0) is 24.5 Å². The third-order valence-corrected chi connectivity index (χ3v) is 4.63. The van der Waals surface area contributed by atoms with Crippen molar-refractivity contribution in [2.75, 3.05) is 28.8 Å². The summed E-state index contributed by atoms with van der Waals surface area (Å²) in [6.45, 7) is 2.33. The van der Waals surface area contributed by atoms with Gasteiger partial charge in [0, 0.05) is 24.7 Å². The molecule has 3 N–H and O–H groups in total. The molecule has 2 aromatic rings. The van der Waals surface area contributed by atoms with Gasteiger partial charge in [0.05, 0.1) is 0 Å². The quantitative estimate of drug-likeness (QED) is 0.699. The average molecular weight is 363 g/mol. The van der Waals surface area contributed by atoms with Crippen LogP contribution in [0.15, 0.2) is 24.3 Å². The molecule has 1 saturated heterocycles. The van der Waals surface area contributed by atoms with Crippen LogP contribution in [0.25, 0.3) is 0 Å². The van der Waals surface area contributed by atoms with Crippen LogP contribution in [-0.2, 0) is 6.54 Å². The van der Waals surface area contributed by atoms with Crippen molar-refractivity contribution >= 4 is 29.4 Å². The lowest BCUT2D eigenvalue weighted by Crippen LogP contribution is -2.29. The monoisotopic (exact) mass is 362 g/mol. The fourth-order valence-electron chi connectivity index (χ4n) is 2.90. The van der Waals surface area contributed by atoms with Gasteiger partial charge in [0.15, 0.2) is 0 Å². The predicted octanol–water partition coefficient (Wildman–Crippen LogP) is 3.71. The highest BCUT2D eigenvalue weighted by Crippen LogP contribution is 2.20. The highest BCUT2D eigenvalue weighted by atomic mass is 35.5. The number of nitrogens with one attached hydrogen (secondary N) is 2. The Kier molecular flexibility index (Phi) is 6.25. The molecule has 0 saturated carbocycles. The maximum atomic E-state index is 9.24. The predicted molar refractivity (Wildman–Crippen MR) is 99.3 cm³/mol. The first-order chi connectivity index (χ1) is 12.3. The number of aromatic nitrogens is 3. The second kappa shape index (κ2) is 8.82. The van der Waals surface area contributed by atoms with Crippen LogP contribution in [0.2, 0.25) is 5.02 Å². The zero-order chi connectivity index (χ0) is 17.5. The lowest BCUT2D eigenvalue weighted by atomic mass is 10.1. The summed E-state index contributed by atoms with van der Waals surface area (Å²) in [5.41, 5.74) is 2.98. The summed E-state index contributed by atoms with van der Waals surface area (Å²) >= 11 is 6.18. The summed E-state index contributed by atoms with van der Waals surface area (Å²) in [7, 11) is 0. The van der Waals surface area contributed by atoms with E-state index in [9.17, 15) is 5.21 Å². The molecule has 7 nitrogen and oxygen atoms in total. The lowest BCUT2D eigenvalue weighted by molar-refractivity contribution is 0.382. The highest BCUT2D eigenvalue weighted by molar-refractivity contribution is 6.31. The molecule has 134 valence electrons. The molecule has 2 heterocycles. The molecule has 25 heavy (non-hydrogen) atoms. The van der Waals surface area contributed by atoms with Gasteiger partial charge in [-0.3, -0.25) is 5.21 Å². The van der Waals surface area contributed by atoms with Crippen LogP contribution in [0, 0.1) is 0 Å². The maximum absolute atomic E-state index is 9.24. The lowest BCUT2D eigenvalue weighted by Gasteiger charge is -2.25. The van der Waals surface area contributed by atoms with Gasteiger partial charge < -0.3 is 10.2 Å². The highest BCUT2D eigenvalue weighted by Gasteiger charge is 2.15. The van der Waals surface area contributed by atoms with E-state index in [1.165, 1.54) is 19.3 Å². The molecular weight excluding hydrogens is 340 g/mol. The van der Waals surface area contributed by atoms with Gasteiger partial charge in [-0.1, -0.05) is 49.1 Å². The molecular formula is C17H23ClN6O. The molecule has 1 fully saturated rings. The molecule has 0 bridgehead atoms. The zero-order valence-corrected chi connectivity index (χ0v) is 14.8. The normalized spacial score (nSPS) is 15.4. The molecule has 1 aromatic carbocycles. The number of benzene rings is 1. The van der Waals surface area contributed by atoms with Crippen molar-refractivity contribution in [1.82, 2.24) is 15.0 Å². The summed E-state index contributed by atoms with van der Waals surface area (Å²) in [4.78, 5) is 15.1. The molecule has 0 spiro atoms. The van der Waals surface area contributed by atoms with Gasteiger partial charge in [0.2, 0.25) is 11.9 Å². The molecule has 0 aliphatic carbocycles. The zero-order valence-electron chi connectivity index (χ0n) is 14.1. The van der Waals surface area contributed by atoms with Gasteiger partial charge >= 0.3 is 0 Å². The fraction of sp³-hybridized carbons (Fsp3) is 0.471. The average Bonchev–Trinajstić information content (AvgIpc) is 2.60. The van der Waals surface area contributed by atoms with Crippen molar-refractivity contribution in [3.05, 3.63) is 34.9 Å². The van der Waals surface area contributed by atoms with Crippen molar-refractivity contribution in [3.8, 4) is 0 Å². The van der Waals surface area contributed by atoms with Crippen molar-refractivity contribution in [2.24, 2.45) is 0 Å². The third kappa shape index (κ3) is 4.93. The van der Waals surface area contributed by atoms with Crippen LogP contribution in [-0.4, -0.2) is 33.2 Å². The van der Waals surface area contributed by atoms with Crippen LogP contribution in [0.3, 0.4) is 0 Å². The van der Waals surface area contributed by atoms with E-state index >= 15 is 0 Å². The maximum Gasteiger partial charge on any atom is 0.253 e. The van der Waals surface area contributed by atoms with Crippen LogP contribution in [0.4, 0.5) is 17.8 Å². The Morgan fingerprint density at radius 1 is 0.960 bits per heavy atom. The SMILES string of the molecule is ONc1nc(NCc2ccccc2Cl)nc(N2CCCCCCC2)n1. The van der Waals surface area contributed by atoms with Gasteiger partial charge in [-0.2, -0.15) is 15.0 Å². The Morgan fingerprint density at radius 2 is 1.64 bits per heavy atom. The van der Waals surface area contributed by atoms with E-state index in [2.05, 4.69) is 25.2 Å². The van der Waals surface area contributed by atoms with Crippen LogP contribution in [0.1, 0.15) is 37.7 Å². The Morgan fingerprint density at radius 3 is 2.36 bits per heavy atom. The second-order valence-electron chi connectivity index (χ2n) is 6.09. The van der Waals surface area contributed by atoms with E-state index in [0.29, 0.717) is 23.5 Å². The van der Waals surface area contributed by atoms with Gasteiger partial charge in [0.1, 0.15) is 0 Å². The Labute approximate surface area is 152 Å². The van der Waals surface area contributed by atoms with E-state index in [4.69, 9.17) is 11.6 Å². The number of anilines is 3. The molecule has 0 atom stereocenters. The molecule has 0 unspecified atom stereocenters. The van der Waals surface area contributed by atoms with Crippen LogP contribution >= 0.6 is 11.6 Å². The Hall–Kier alpha value is -2.12. The first kappa shape index (κ1) is 17.7.